The molecule has 0 aliphatic heterocycles. The molecule has 0 bridgehead atoms. The molecule has 0 atom stereocenters. The van der Waals surface area contributed by atoms with Crippen LogP contribution in [0.15, 0.2) is 46.4 Å². The van der Waals surface area contributed by atoms with Gasteiger partial charge in [0.25, 0.3) is 0 Å². The van der Waals surface area contributed by atoms with Crippen LogP contribution < -0.4 is 9.47 Å². The summed E-state index contributed by atoms with van der Waals surface area (Å²) in [4.78, 5) is 24.4. The van der Waals surface area contributed by atoms with E-state index in [2.05, 4.69) is 15.9 Å². The predicted molar refractivity (Wildman–Crippen MR) is 118 cm³/mol. The standard InChI is InChI=1S/C22H22BrClO6/c1-4-28-21(25)17(22(26)29-5-2)10-15-11-18(23)20(19(12-15)27-3)30-13-14-6-8-16(24)9-7-14/h6-12H,4-5,13H2,1-3H3. The Morgan fingerprint density at radius 1 is 1.03 bits per heavy atom. The summed E-state index contributed by atoms with van der Waals surface area (Å²) in [7, 11) is 1.50. The number of halogens is 2. The van der Waals surface area contributed by atoms with Gasteiger partial charge in [-0.05, 0) is 71.2 Å². The zero-order valence-corrected chi connectivity index (χ0v) is 19.2. The molecule has 30 heavy (non-hydrogen) atoms. The predicted octanol–water partition coefficient (Wildman–Crippen LogP) is 5.20. The van der Waals surface area contributed by atoms with Crippen LogP contribution in [0.4, 0.5) is 0 Å². The third kappa shape index (κ3) is 6.50. The highest BCUT2D eigenvalue weighted by Crippen LogP contribution is 2.38. The minimum Gasteiger partial charge on any atom is -0.493 e. The summed E-state index contributed by atoms with van der Waals surface area (Å²) < 4.78 is 21.9. The fourth-order valence-electron chi connectivity index (χ4n) is 2.48. The number of benzene rings is 2. The van der Waals surface area contributed by atoms with Gasteiger partial charge in [0, 0.05) is 5.02 Å². The highest BCUT2D eigenvalue weighted by atomic mass is 79.9. The van der Waals surface area contributed by atoms with Crippen molar-refractivity contribution in [2.24, 2.45) is 0 Å². The molecule has 2 aromatic rings. The third-order valence-electron chi connectivity index (χ3n) is 3.85. The normalized spacial score (nSPS) is 10.2. The topological polar surface area (TPSA) is 71.1 Å². The molecule has 0 unspecified atom stereocenters. The Morgan fingerprint density at radius 3 is 2.17 bits per heavy atom. The van der Waals surface area contributed by atoms with E-state index in [4.69, 9.17) is 30.5 Å². The Kier molecular flexibility index (Phi) is 9.20. The average Bonchev–Trinajstić information content (AvgIpc) is 2.72. The van der Waals surface area contributed by atoms with Gasteiger partial charge in [0.2, 0.25) is 0 Å². The van der Waals surface area contributed by atoms with Gasteiger partial charge in [-0.25, -0.2) is 9.59 Å². The number of carbonyl (C=O) groups excluding carboxylic acids is 2. The van der Waals surface area contributed by atoms with Crippen molar-refractivity contribution in [2.45, 2.75) is 20.5 Å². The van der Waals surface area contributed by atoms with Gasteiger partial charge in [-0.2, -0.15) is 0 Å². The zero-order chi connectivity index (χ0) is 22.1. The molecule has 8 heteroatoms. The number of hydrogen-bond donors (Lipinski definition) is 0. The lowest BCUT2D eigenvalue weighted by Gasteiger charge is -2.14. The molecule has 0 fully saturated rings. The van der Waals surface area contributed by atoms with Crippen molar-refractivity contribution in [3.63, 3.8) is 0 Å². The minimum atomic E-state index is -0.755. The van der Waals surface area contributed by atoms with Crippen LogP contribution >= 0.6 is 27.5 Å². The maximum absolute atomic E-state index is 12.2. The number of methoxy groups -OCH3 is 1. The molecule has 0 N–H and O–H groups in total. The Morgan fingerprint density at radius 2 is 1.63 bits per heavy atom. The van der Waals surface area contributed by atoms with Gasteiger partial charge in [0.15, 0.2) is 11.5 Å². The van der Waals surface area contributed by atoms with Crippen LogP contribution in [-0.2, 0) is 25.7 Å². The Balaban J connectivity index is 2.33. The second-order valence-corrected chi connectivity index (χ2v) is 7.24. The molecule has 6 nitrogen and oxygen atoms in total. The first-order chi connectivity index (χ1) is 14.4. The van der Waals surface area contributed by atoms with E-state index in [1.54, 1.807) is 38.1 Å². The fraction of sp³-hybridized carbons (Fsp3) is 0.273. The fourth-order valence-corrected chi connectivity index (χ4v) is 3.19. The SMILES string of the molecule is CCOC(=O)C(=Cc1cc(Br)c(OCc2ccc(Cl)cc2)c(OC)c1)C(=O)OCC. The van der Waals surface area contributed by atoms with Crippen LogP contribution in [0.5, 0.6) is 11.5 Å². The Bertz CT molecular complexity index is 904. The average molecular weight is 498 g/mol. The van der Waals surface area contributed by atoms with Crippen molar-refractivity contribution in [3.8, 4) is 11.5 Å². The number of carbonyl (C=O) groups is 2. The summed E-state index contributed by atoms with van der Waals surface area (Å²) in [6, 6.07) is 10.7. The third-order valence-corrected chi connectivity index (χ3v) is 4.69. The molecular weight excluding hydrogens is 476 g/mol. The summed E-state index contributed by atoms with van der Waals surface area (Å²) in [6.07, 6.45) is 1.40. The summed E-state index contributed by atoms with van der Waals surface area (Å²) in [5, 5.41) is 0.646. The molecule has 2 aromatic carbocycles. The smallest absolute Gasteiger partial charge is 0.345 e. The second-order valence-electron chi connectivity index (χ2n) is 5.95. The van der Waals surface area contributed by atoms with Crippen molar-refractivity contribution in [1.82, 2.24) is 0 Å². The largest absolute Gasteiger partial charge is 0.493 e. The van der Waals surface area contributed by atoms with E-state index in [0.29, 0.717) is 33.2 Å². The summed E-state index contributed by atoms with van der Waals surface area (Å²) in [5.74, 6) is -0.599. The lowest BCUT2D eigenvalue weighted by molar-refractivity contribution is -0.146. The number of rotatable bonds is 9. The molecule has 160 valence electrons. The van der Waals surface area contributed by atoms with Gasteiger partial charge < -0.3 is 18.9 Å². The van der Waals surface area contributed by atoms with Gasteiger partial charge in [-0.3, -0.25) is 0 Å². The number of esters is 2. The minimum absolute atomic E-state index is 0.139. The highest BCUT2D eigenvalue weighted by Gasteiger charge is 2.22. The van der Waals surface area contributed by atoms with Gasteiger partial charge in [0.05, 0.1) is 24.8 Å². The summed E-state index contributed by atoms with van der Waals surface area (Å²) in [6.45, 7) is 3.90. The summed E-state index contributed by atoms with van der Waals surface area (Å²) >= 11 is 9.37. The van der Waals surface area contributed by atoms with Gasteiger partial charge >= 0.3 is 11.9 Å². The zero-order valence-electron chi connectivity index (χ0n) is 16.9. The number of hydrogen-bond acceptors (Lipinski definition) is 6. The van der Waals surface area contributed by atoms with Crippen molar-refractivity contribution in [1.29, 1.82) is 0 Å². The van der Waals surface area contributed by atoms with Crippen molar-refractivity contribution >= 4 is 45.5 Å². The maximum Gasteiger partial charge on any atom is 0.345 e. The Hall–Kier alpha value is -2.51. The second kappa shape index (κ2) is 11.6. The monoisotopic (exact) mass is 496 g/mol. The van der Waals surface area contributed by atoms with E-state index in [0.717, 1.165) is 5.56 Å². The van der Waals surface area contributed by atoms with Crippen molar-refractivity contribution in [2.75, 3.05) is 20.3 Å². The van der Waals surface area contributed by atoms with Gasteiger partial charge in [-0.15, -0.1) is 0 Å². The van der Waals surface area contributed by atoms with E-state index in [1.807, 2.05) is 12.1 Å². The number of ether oxygens (including phenoxy) is 4. The van der Waals surface area contributed by atoms with Crippen LogP contribution in [0.1, 0.15) is 25.0 Å². The molecule has 0 saturated carbocycles. The van der Waals surface area contributed by atoms with Crippen LogP contribution in [-0.4, -0.2) is 32.3 Å². The molecule has 0 saturated heterocycles. The van der Waals surface area contributed by atoms with E-state index in [9.17, 15) is 9.59 Å². The Labute approximate surface area is 188 Å². The molecule has 0 aliphatic rings. The molecule has 0 heterocycles. The molecule has 0 spiro atoms. The van der Waals surface area contributed by atoms with E-state index >= 15 is 0 Å². The highest BCUT2D eigenvalue weighted by molar-refractivity contribution is 9.10. The molecular formula is C22H22BrClO6. The lowest BCUT2D eigenvalue weighted by Crippen LogP contribution is -2.18. The first kappa shape index (κ1) is 23.8. The molecule has 0 amide bonds. The van der Waals surface area contributed by atoms with E-state index in [1.165, 1.54) is 13.2 Å². The van der Waals surface area contributed by atoms with Crippen molar-refractivity contribution < 1.29 is 28.5 Å². The lowest BCUT2D eigenvalue weighted by atomic mass is 10.1. The summed E-state index contributed by atoms with van der Waals surface area (Å²) in [5.41, 5.74) is 1.26. The van der Waals surface area contributed by atoms with E-state index < -0.39 is 11.9 Å². The van der Waals surface area contributed by atoms with Crippen molar-refractivity contribution in [3.05, 3.63) is 62.6 Å². The maximum atomic E-state index is 12.2. The first-order valence-electron chi connectivity index (χ1n) is 9.20. The van der Waals surface area contributed by atoms with Crippen LogP contribution in [0.25, 0.3) is 6.08 Å². The van der Waals surface area contributed by atoms with Gasteiger partial charge in [-0.1, -0.05) is 23.7 Å². The van der Waals surface area contributed by atoms with Gasteiger partial charge in [0.1, 0.15) is 12.2 Å². The van der Waals surface area contributed by atoms with Crippen LogP contribution in [0.3, 0.4) is 0 Å². The molecule has 0 aromatic heterocycles. The van der Waals surface area contributed by atoms with E-state index in [-0.39, 0.29) is 18.8 Å². The molecule has 2 rings (SSSR count). The van der Waals surface area contributed by atoms with Crippen LogP contribution in [0, 0.1) is 0 Å². The van der Waals surface area contributed by atoms with Crippen LogP contribution in [0.2, 0.25) is 5.02 Å². The first-order valence-corrected chi connectivity index (χ1v) is 10.4. The quantitative estimate of drug-likeness (QED) is 0.205. The molecule has 0 radical (unpaired) electrons. The molecule has 0 aliphatic carbocycles.